The van der Waals surface area contributed by atoms with Crippen LogP contribution in [0.3, 0.4) is 0 Å². The first-order chi connectivity index (χ1) is 10.2. The number of aromatic nitrogens is 3. The molecule has 0 fully saturated rings. The zero-order valence-corrected chi connectivity index (χ0v) is 13.6. The van der Waals surface area contributed by atoms with Crippen LogP contribution in [0, 0.1) is 0 Å². The predicted molar refractivity (Wildman–Crippen MR) is 86.2 cm³/mol. The van der Waals surface area contributed by atoms with E-state index in [4.69, 9.17) is 5.73 Å². The lowest BCUT2D eigenvalue weighted by Gasteiger charge is -2.28. The molecule has 1 aliphatic rings. The first-order valence-corrected chi connectivity index (χ1v) is 8.80. The van der Waals surface area contributed by atoms with Gasteiger partial charge in [-0.15, -0.1) is 33.3 Å². The number of rotatable bonds is 4. The molecule has 6 nitrogen and oxygen atoms in total. The number of fused-ring (bicyclic) bond motifs is 1. The highest BCUT2D eigenvalue weighted by molar-refractivity contribution is 7.99. The summed E-state index contributed by atoms with van der Waals surface area (Å²) in [6.07, 6.45) is 4.23. The van der Waals surface area contributed by atoms with Gasteiger partial charge >= 0.3 is 0 Å². The molecule has 1 aliphatic heterocycles. The molecule has 21 heavy (non-hydrogen) atoms. The van der Waals surface area contributed by atoms with Crippen molar-refractivity contribution in [3.05, 3.63) is 17.0 Å². The zero-order chi connectivity index (χ0) is 15.0. The molecular weight excluding hydrogens is 306 g/mol. The third-order valence-electron chi connectivity index (χ3n) is 3.59. The summed E-state index contributed by atoms with van der Waals surface area (Å²) in [5.41, 5.74) is 6.81. The summed E-state index contributed by atoms with van der Waals surface area (Å²) in [6, 6.07) is 0. The van der Waals surface area contributed by atoms with Crippen LogP contribution in [0.2, 0.25) is 0 Å². The molecule has 3 heterocycles. The van der Waals surface area contributed by atoms with E-state index in [1.54, 1.807) is 18.1 Å². The molecule has 0 bridgehead atoms. The fraction of sp³-hybridized carbons (Fsp3) is 0.462. The number of Topliss-reactive ketones (excluding diaryl/α,β-unsaturated/α-hetero) is 1. The molecule has 2 N–H and O–H groups in total. The number of nitrogen functional groups attached to an aromatic ring is 1. The van der Waals surface area contributed by atoms with E-state index in [9.17, 15) is 4.79 Å². The average molecular weight is 323 g/mol. The van der Waals surface area contributed by atoms with Crippen molar-refractivity contribution in [3.63, 3.8) is 0 Å². The van der Waals surface area contributed by atoms with E-state index in [1.807, 2.05) is 13.2 Å². The van der Waals surface area contributed by atoms with Gasteiger partial charge in [0.05, 0.1) is 22.0 Å². The lowest BCUT2D eigenvalue weighted by Crippen LogP contribution is -2.33. The highest BCUT2D eigenvalue weighted by Crippen LogP contribution is 2.45. The molecule has 2 aromatic rings. The predicted octanol–water partition coefficient (Wildman–Crippen LogP) is 2.26. The first kappa shape index (κ1) is 14.4. The molecule has 0 saturated carbocycles. The van der Waals surface area contributed by atoms with E-state index in [0.29, 0.717) is 23.5 Å². The van der Waals surface area contributed by atoms with E-state index < -0.39 is 0 Å². The number of carbonyl (C=O) groups excluding carboxylic acids is 1. The SMILES string of the molecule is CCC(=O)c1sc(N2CCn3cnnc3C2)c(SC)c1N. The smallest absolute Gasteiger partial charge is 0.174 e. The Balaban J connectivity index is 1.97. The van der Waals surface area contributed by atoms with Gasteiger partial charge in [0.15, 0.2) is 11.6 Å². The van der Waals surface area contributed by atoms with Gasteiger partial charge in [0, 0.05) is 19.5 Å². The number of nitrogens with zero attached hydrogens (tertiary/aromatic N) is 4. The van der Waals surface area contributed by atoms with Crippen molar-refractivity contribution in [2.24, 2.45) is 0 Å². The second-order valence-corrected chi connectivity index (χ2v) is 6.64. The Bertz CT molecular complexity index is 678. The van der Waals surface area contributed by atoms with E-state index in [-0.39, 0.29) is 5.78 Å². The quantitative estimate of drug-likeness (QED) is 0.687. The van der Waals surface area contributed by atoms with E-state index >= 15 is 0 Å². The fourth-order valence-electron chi connectivity index (χ4n) is 2.43. The van der Waals surface area contributed by atoms with Gasteiger partial charge in [-0.25, -0.2) is 0 Å². The molecule has 0 saturated heterocycles. The summed E-state index contributed by atoms with van der Waals surface area (Å²) in [7, 11) is 0. The molecule has 2 aromatic heterocycles. The van der Waals surface area contributed by atoms with E-state index in [0.717, 1.165) is 28.8 Å². The maximum Gasteiger partial charge on any atom is 0.174 e. The number of nitrogens with two attached hydrogens (primary N) is 1. The molecule has 3 rings (SSSR count). The molecule has 0 spiro atoms. The second kappa shape index (κ2) is 5.69. The summed E-state index contributed by atoms with van der Waals surface area (Å²) >= 11 is 3.10. The van der Waals surface area contributed by atoms with Gasteiger partial charge in [0.2, 0.25) is 0 Å². The summed E-state index contributed by atoms with van der Waals surface area (Å²) in [6.45, 7) is 4.29. The van der Waals surface area contributed by atoms with Crippen LogP contribution in [0.25, 0.3) is 0 Å². The van der Waals surface area contributed by atoms with Gasteiger partial charge in [0.25, 0.3) is 0 Å². The Morgan fingerprint density at radius 3 is 3.05 bits per heavy atom. The maximum atomic E-state index is 12.0. The number of ketones is 1. The Morgan fingerprint density at radius 2 is 2.33 bits per heavy atom. The summed E-state index contributed by atoms with van der Waals surface area (Å²) in [5.74, 6) is 1.06. The van der Waals surface area contributed by atoms with Gasteiger partial charge in [-0.05, 0) is 6.26 Å². The fourth-order valence-corrected chi connectivity index (χ4v) is 4.65. The Morgan fingerprint density at radius 1 is 1.52 bits per heavy atom. The first-order valence-electron chi connectivity index (χ1n) is 6.76. The minimum atomic E-state index is 0.110. The minimum Gasteiger partial charge on any atom is -0.396 e. The van der Waals surface area contributed by atoms with E-state index in [1.165, 1.54) is 11.3 Å². The number of carbonyl (C=O) groups is 1. The second-order valence-electron chi connectivity index (χ2n) is 4.82. The molecule has 112 valence electrons. The standard InChI is InChI=1S/C13H17N5OS2/c1-3-8(19)11-10(14)12(20-2)13(21-11)17-4-5-18-7-15-16-9(18)6-17/h7H,3-6,14H2,1-2H3. The largest absolute Gasteiger partial charge is 0.396 e. The van der Waals surface area contributed by atoms with Crippen molar-refractivity contribution in [1.29, 1.82) is 0 Å². The highest BCUT2D eigenvalue weighted by Gasteiger charge is 2.26. The van der Waals surface area contributed by atoms with E-state index in [2.05, 4.69) is 19.7 Å². The zero-order valence-electron chi connectivity index (χ0n) is 12.0. The molecule has 0 atom stereocenters. The Hall–Kier alpha value is -1.54. The number of thioether (sulfide) groups is 1. The number of thiophene rings is 1. The van der Waals surface area contributed by atoms with Gasteiger partial charge < -0.3 is 15.2 Å². The van der Waals surface area contributed by atoms with Gasteiger partial charge in [0.1, 0.15) is 11.3 Å². The summed E-state index contributed by atoms with van der Waals surface area (Å²) in [4.78, 5) is 16.0. The molecule has 8 heteroatoms. The molecule has 0 aliphatic carbocycles. The topological polar surface area (TPSA) is 77.0 Å². The monoisotopic (exact) mass is 323 g/mol. The van der Waals surface area contributed by atoms with Crippen molar-refractivity contribution >= 4 is 39.6 Å². The number of anilines is 2. The maximum absolute atomic E-state index is 12.0. The van der Waals surface area contributed by atoms with Crippen molar-refractivity contribution in [2.75, 3.05) is 23.4 Å². The minimum absolute atomic E-state index is 0.110. The lowest BCUT2D eigenvalue weighted by atomic mass is 10.2. The van der Waals surface area contributed by atoms with Crippen molar-refractivity contribution in [3.8, 4) is 0 Å². The van der Waals surface area contributed by atoms with Crippen LogP contribution < -0.4 is 10.6 Å². The average Bonchev–Trinajstić information content (AvgIpc) is 3.09. The van der Waals surface area contributed by atoms with Crippen molar-refractivity contribution in [2.45, 2.75) is 31.3 Å². The van der Waals surface area contributed by atoms with Gasteiger partial charge in [-0.3, -0.25) is 4.79 Å². The third-order valence-corrected chi connectivity index (χ3v) is 5.84. The number of hydrogen-bond acceptors (Lipinski definition) is 7. The van der Waals surface area contributed by atoms with Gasteiger partial charge in [-0.2, -0.15) is 0 Å². The number of hydrogen-bond donors (Lipinski definition) is 1. The summed E-state index contributed by atoms with van der Waals surface area (Å²) in [5, 5.41) is 9.16. The van der Waals surface area contributed by atoms with Crippen LogP contribution in [0.1, 0.15) is 28.8 Å². The van der Waals surface area contributed by atoms with Crippen molar-refractivity contribution < 1.29 is 4.79 Å². The van der Waals surface area contributed by atoms with Crippen LogP contribution in [-0.2, 0) is 13.1 Å². The third kappa shape index (κ3) is 2.42. The molecule has 0 unspecified atom stereocenters. The molecule has 0 radical (unpaired) electrons. The Kier molecular flexibility index (Phi) is 3.90. The van der Waals surface area contributed by atoms with Crippen LogP contribution in [0.4, 0.5) is 10.7 Å². The summed E-state index contributed by atoms with van der Waals surface area (Å²) < 4.78 is 2.06. The van der Waals surface area contributed by atoms with Gasteiger partial charge in [-0.1, -0.05) is 6.92 Å². The highest BCUT2D eigenvalue weighted by atomic mass is 32.2. The van der Waals surface area contributed by atoms with Crippen molar-refractivity contribution in [1.82, 2.24) is 14.8 Å². The molecule has 0 amide bonds. The van der Waals surface area contributed by atoms with Crippen LogP contribution in [0.5, 0.6) is 0 Å². The lowest BCUT2D eigenvalue weighted by molar-refractivity contribution is 0.0992. The molecule has 0 aromatic carbocycles. The Labute approximate surface area is 131 Å². The molecular formula is C13H17N5OS2. The van der Waals surface area contributed by atoms with Crippen LogP contribution in [0.15, 0.2) is 11.2 Å². The normalized spacial score (nSPS) is 14.3. The van der Waals surface area contributed by atoms with Crippen LogP contribution in [-0.4, -0.2) is 33.3 Å². The van der Waals surface area contributed by atoms with Crippen LogP contribution >= 0.6 is 23.1 Å².